The number of hydrogen-bond acceptors (Lipinski definition) is 8. The van der Waals surface area contributed by atoms with Crippen LogP contribution in [-0.2, 0) is 36.7 Å². The third-order valence-corrected chi connectivity index (χ3v) is 6.52. The van der Waals surface area contributed by atoms with Crippen LogP contribution in [0.15, 0.2) is 0 Å². The topological polar surface area (TPSA) is 77.1 Å². The number of ether oxygens (including phenoxy) is 4. The fourth-order valence-corrected chi connectivity index (χ4v) is 4.88. The largest absolute Gasteiger partial charge is 0.683 e. The second kappa shape index (κ2) is 14.0. The summed E-state index contributed by atoms with van der Waals surface area (Å²) in [5.74, 6) is -1.27. The smallest absolute Gasteiger partial charge is 0.376 e. The van der Waals surface area contributed by atoms with E-state index in [1.54, 1.807) is 0 Å². The van der Waals surface area contributed by atoms with Gasteiger partial charge in [-0.3, -0.25) is 4.43 Å². The first kappa shape index (κ1) is 25.9. The molecule has 28 heavy (non-hydrogen) atoms. The molecular formula is C19H40O8Si. The Hall–Kier alpha value is -0.103. The Morgan fingerprint density at radius 3 is 1.89 bits per heavy atom. The van der Waals surface area contributed by atoms with E-state index in [-0.39, 0.29) is 12.2 Å². The Labute approximate surface area is 171 Å². The second-order valence-corrected chi connectivity index (χ2v) is 8.51. The summed E-state index contributed by atoms with van der Waals surface area (Å²) >= 11 is 0. The van der Waals surface area contributed by atoms with Crippen molar-refractivity contribution in [3.8, 4) is 0 Å². The summed E-state index contributed by atoms with van der Waals surface area (Å²) in [6, 6.07) is 0. The van der Waals surface area contributed by atoms with Crippen LogP contribution in [0.25, 0.3) is 0 Å². The summed E-state index contributed by atoms with van der Waals surface area (Å²) in [6.45, 7) is 15.1. The third-order valence-electron chi connectivity index (χ3n) is 4.03. The van der Waals surface area contributed by atoms with Gasteiger partial charge in [0.25, 0.3) is 5.97 Å². The molecule has 2 atom stereocenters. The van der Waals surface area contributed by atoms with E-state index < -0.39 is 15.0 Å². The van der Waals surface area contributed by atoms with E-state index in [2.05, 4.69) is 6.92 Å². The van der Waals surface area contributed by atoms with Crippen molar-refractivity contribution in [2.24, 2.45) is 0 Å². The van der Waals surface area contributed by atoms with Crippen molar-refractivity contribution < 1.29 is 36.7 Å². The van der Waals surface area contributed by atoms with Crippen molar-refractivity contribution in [1.82, 2.24) is 0 Å². The summed E-state index contributed by atoms with van der Waals surface area (Å²) in [5, 5.41) is 0. The van der Waals surface area contributed by atoms with Gasteiger partial charge < -0.3 is 32.2 Å². The Bertz CT molecular complexity index is 371. The van der Waals surface area contributed by atoms with E-state index in [1.807, 2.05) is 34.6 Å². The molecular weight excluding hydrogens is 384 g/mol. The van der Waals surface area contributed by atoms with Gasteiger partial charge in [0.1, 0.15) is 6.10 Å². The molecule has 2 unspecified atom stereocenters. The van der Waals surface area contributed by atoms with Gasteiger partial charge in [-0.1, -0.05) is 0 Å². The zero-order valence-corrected chi connectivity index (χ0v) is 19.5. The molecule has 0 aliphatic carbocycles. The molecule has 1 aliphatic rings. The van der Waals surface area contributed by atoms with Crippen molar-refractivity contribution in [1.29, 1.82) is 0 Å². The molecule has 1 rings (SSSR count). The van der Waals surface area contributed by atoms with Gasteiger partial charge in [0.15, 0.2) is 0 Å². The van der Waals surface area contributed by atoms with Crippen LogP contribution in [0.4, 0.5) is 0 Å². The fourth-order valence-electron chi connectivity index (χ4n) is 2.80. The van der Waals surface area contributed by atoms with Gasteiger partial charge in [0.2, 0.25) is 0 Å². The number of rotatable bonds is 19. The highest BCUT2D eigenvalue weighted by Crippen LogP contribution is 2.30. The third kappa shape index (κ3) is 9.60. The number of epoxide rings is 1. The maximum Gasteiger partial charge on any atom is 0.683 e. The number of hydrogen-bond donors (Lipinski definition) is 0. The first-order valence-electron chi connectivity index (χ1n) is 10.6. The predicted octanol–water partition coefficient (Wildman–Crippen LogP) is 3.25. The Kier molecular flexibility index (Phi) is 13.0. The first-order valence-corrected chi connectivity index (χ1v) is 12.2. The van der Waals surface area contributed by atoms with Crippen LogP contribution < -0.4 is 0 Å². The van der Waals surface area contributed by atoms with Gasteiger partial charge in [0, 0.05) is 39.5 Å². The van der Waals surface area contributed by atoms with E-state index >= 15 is 0 Å². The van der Waals surface area contributed by atoms with Gasteiger partial charge in [-0.15, -0.1) is 0 Å². The lowest BCUT2D eigenvalue weighted by atomic mass is 10.1. The minimum Gasteiger partial charge on any atom is -0.376 e. The van der Waals surface area contributed by atoms with Crippen LogP contribution in [0.3, 0.4) is 0 Å². The van der Waals surface area contributed by atoms with Crippen molar-refractivity contribution in [3.63, 3.8) is 0 Å². The molecule has 1 heterocycles. The van der Waals surface area contributed by atoms with Crippen LogP contribution in [0.2, 0.25) is 0 Å². The van der Waals surface area contributed by atoms with Crippen molar-refractivity contribution in [2.75, 3.05) is 46.2 Å². The minimum absolute atomic E-state index is 0.123. The summed E-state index contributed by atoms with van der Waals surface area (Å²) in [4.78, 5) is 0. The lowest BCUT2D eigenvalue weighted by molar-refractivity contribution is -0.367. The molecule has 168 valence electrons. The van der Waals surface area contributed by atoms with Crippen LogP contribution in [0.1, 0.15) is 60.8 Å². The van der Waals surface area contributed by atoms with E-state index in [1.165, 1.54) is 0 Å². The summed E-state index contributed by atoms with van der Waals surface area (Å²) in [6.07, 6.45) is 2.56. The lowest BCUT2D eigenvalue weighted by Crippen LogP contribution is -2.57. The molecule has 1 fully saturated rings. The van der Waals surface area contributed by atoms with Gasteiger partial charge in [-0.25, -0.2) is 0 Å². The molecule has 0 aromatic rings. The van der Waals surface area contributed by atoms with E-state index in [0.29, 0.717) is 46.1 Å². The minimum atomic E-state index is -3.40. The van der Waals surface area contributed by atoms with Crippen LogP contribution in [0.5, 0.6) is 0 Å². The first-order chi connectivity index (χ1) is 13.5. The molecule has 0 aromatic carbocycles. The van der Waals surface area contributed by atoms with Crippen molar-refractivity contribution in [2.45, 2.75) is 79.0 Å². The summed E-state index contributed by atoms with van der Waals surface area (Å²) in [5.41, 5.74) is 0. The highest BCUT2D eigenvalue weighted by molar-refractivity contribution is 6.53. The van der Waals surface area contributed by atoms with Gasteiger partial charge in [-0.05, 0) is 54.4 Å². The Morgan fingerprint density at radius 1 is 0.929 bits per heavy atom. The maximum atomic E-state index is 6.28. The molecule has 0 amide bonds. The summed E-state index contributed by atoms with van der Waals surface area (Å²) in [7, 11) is -3.40. The normalized spacial score (nSPS) is 18.4. The standard InChI is InChI=1S/C19H40O8Si/c1-7-22-19(23-8-2,14-12-13-17(6)20-15-18-16-21-18)27-28(24-9-3,25-10-4)26-11-5/h17-18H,7-16H2,1-6H3. The van der Waals surface area contributed by atoms with E-state index in [9.17, 15) is 0 Å². The zero-order valence-electron chi connectivity index (χ0n) is 18.5. The van der Waals surface area contributed by atoms with Gasteiger partial charge in [0.05, 0.1) is 19.3 Å². The van der Waals surface area contributed by atoms with Crippen LogP contribution in [-0.4, -0.2) is 73.5 Å². The second-order valence-electron chi connectivity index (χ2n) is 6.44. The fraction of sp³-hybridized carbons (Fsp3) is 1.00. The molecule has 0 saturated carbocycles. The Balaban J connectivity index is 2.77. The average molecular weight is 425 g/mol. The van der Waals surface area contributed by atoms with Crippen molar-refractivity contribution >= 4 is 9.05 Å². The SMILES string of the molecule is CCOC(CCCC(C)OCC1CO1)(OCC)O[Si](OCC)(OCC)OCC. The monoisotopic (exact) mass is 424 g/mol. The molecule has 0 radical (unpaired) electrons. The lowest BCUT2D eigenvalue weighted by Gasteiger charge is -2.38. The van der Waals surface area contributed by atoms with Gasteiger partial charge >= 0.3 is 9.05 Å². The maximum absolute atomic E-state index is 6.28. The quantitative estimate of drug-likeness (QED) is 0.178. The molecule has 9 heteroatoms. The van der Waals surface area contributed by atoms with Crippen LogP contribution >= 0.6 is 0 Å². The Morgan fingerprint density at radius 2 is 1.46 bits per heavy atom. The molecule has 0 spiro atoms. The molecule has 0 aromatic heterocycles. The van der Waals surface area contributed by atoms with Crippen molar-refractivity contribution in [3.05, 3.63) is 0 Å². The molecule has 0 bridgehead atoms. The van der Waals surface area contributed by atoms with E-state index in [0.717, 1.165) is 19.4 Å². The van der Waals surface area contributed by atoms with E-state index in [4.69, 9.17) is 36.7 Å². The predicted molar refractivity (Wildman–Crippen MR) is 107 cm³/mol. The molecule has 0 N–H and O–H groups in total. The molecule has 1 saturated heterocycles. The summed E-state index contributed by atoms with van der Waals surface area (Å²) < 4.78 is 46.7. The van der Waals surface area contributed by atoms with Gasteiger partial charge in [-0.2, -0.15) is 0 Å². The zero-order chi connectivity index (χ0) is 20.9. The van der Waals surface area contributed by atoms with Crippen LogP contribution in [0, 0.1) is 0 Å². The average Bonchev–Trinajstić information content (AvgIpc) is 3.45. The molecule has 8 nitrogen and oxygen atoms in total. The highest BCUT2D eigenvalue weighted by atomic mass is 28.4. The molecule has 1 aliphatic heterocycles. The highest BCUT2D eigenvalue weighted by Gasteiger charge is 2.53.